The Bertz CT molecular complexity index is 1160. The van der Waals surface area contributed by atoms with Crippen LogP contribution in [0.25, 0.3) is 16.2 Å². The second kappa shape index (κ2) is 10.8. The number of aryl methyl sites for hydroxylation is 1. The number of carbonyl (C=O) groups is 1. The molecule has 0 N–H and O–H groups in total. The summed E-state index contributed by atoms with van der Waals surface area (Å²) in [6, 6.07) is 17.8. The van der Waals surface area contributed by atoms with Crippen molar-refractivity contribution in [2.45, 2.75) is 19.3 Å². The molecule has 0 bridgehead atoms. The van der Waals surface area contributed by atoms with Gasteiger partial charge in [0.15, 0.2) is 4.96 Å². The molecule has 0 fully saturated rings. The summed E-state index contributed by atoms with van der Waals surface area (Å²) in [5, 5.41) is 2.83. The first-order valence-electron chi connectivity index (χ1n) is 10.7. The highest BCUT2D eigenvalue weighted by atomic mass is 35.5. The average molecular weight is 468 g/mol. The van der Waals surface area contributed by atoms with Crippen molar-refractivity contribution in [3.63, 3.8) is 0 Å². The molecule has 0 aliphatic heterocycles. The first-order valence-corrected chi connectivity index (χ1v) is 11.9. The standard InChI is InChI=1S/C25H26ClN3O2S/c1-31-16-15-28(24(30)12-7-19-5-3-2-4-6-19)14-13-22-18-32-25-27-23(17-29(22)25)20-8-10-21(26)11-9-20/h2-6,8-11,17-18H,7,12-16H2,1H3. The number of carbonyl (C=O) groups excluding carboxylic acids is 1. The number of benzene rings is 2. The highest BCUT2D eigenvalue weighted by Gasteiger charge is 2.16. The third-order valence-corrected chi connectivity index (χ3v) is 6.59. The van der Waals surface area contributed by atoms with E-state index in [1.54, 1.807) is 18.4 Å². The van der Waals surface area contributed by atoms with Crippen LogP contribution >= 0.6 is 22.9 Å². The molecule has 0 radical (unpaired) electrons. The molecule has 0 aliphatic carbocycles. The van der Waals surface area contributed by atoms with Crippen LogP contribution in [0.3, 0.4) is 0 Å². The molecule has 32 heavy (non-hydrogen) atoms. The molecule has 0 spiro atoms. The van der Waals surface area contributed by atoms with Gasteiger partial charge in [0.05, 0.1) is 12.3 Å². The van der Waals surface area contributed by atoms with Crippen molar-refractivity contribution in [3.05, 3.63) is 82.5 Å². The summed E-state index contributed by atoms with van der Waals surface area (Å²) in [6.45, 7) is 1.77. The summed E-state index contributed by atoms with van der Waals surface area (Å²) in [7, 11) is 1.67. The van der Waals surface area contributed by atoms with Crippen LogP contribution in [-0.2, 0) is 22.4 Å². The number of thiazole rings is 1. The zero-order chi connectivity index (χ0) is 22.3. The predicted molar refractivity (Wildman–Crippen MR) is 130 cm³/mol. The van der Waals surface area contributed by atoms with Gasteiger partial charge >= 0.3 is 0 Å². The van der Waals surface area contributed by atoms with Gasteiger partial charge in [0.25, 0.3) is 0 Å². The van der Waals surface area contributed by atoms with Crippen molar-refractivity contribution in [2.75, 3.05) is 26.8 Å². The van der Waals surface area contributed by atoms with Gasteiger partial charge in [0.2, 0.25) is 5.91 Å². The van der Waals surface area contributed by atoms with E-state index < -0.39 is 0 Å². The molecule has 1 amide bonds. The highest BCUT2D eigenvalue weighted by Crippen LogP contribution is 2.25. The number of halogens is 1. The molecular formula is C25H26ClN3O2S. The molecule has 5 nitrogen and oxygen atoms in total. The summed E-state index contributed by atoms with van der Waals surface area (Å²) >= 11 is 7.62. The Hall–Kier alpha value is -2.67. The fourth-order valence-corrected chi connectivity index (χ4v) is 4.67. The van der Waals surface area contributed by atoms with E-state index in [1.165, 1.54) is 5.56 Å². The maximum Gasteiger partial charge on any atom is 0.222 e. The smallest absolute Gasteiger partial charge is 0.222 e. The Morgan fingerprint density at radius 1 is 1.09 bits per heavy atom. The molecule has 0 aliphatic rings. The summed E-state index contributed by atoms with van der Waals surface area (Å²) in [6.07, 6.45) is 4.06. The monoisotopic (exact) mass is 467 g/mol. The van der Waals surface area contributed by atoms with Gasteiger partial charge in [-0.25, -0.2) is 4.98 Å². The quantitative estimate of drug-likeness (QED) is 0.315. The summed E-state index contributed by atoms with van der Waals surface area (Å²) in [4.78, 5) is 20.5. The Morgan fingerprint density at radius 3 is 2.62 bits per heavy atom. The lowest BCUT2D eigenvalue weighted by molar-refractivity contribution is -0.131. The van der Waals surface area contributed by atoms with E-state index >= 15 is 0 Å². The van der Waals surface area contributed by atoms with Crippen LogP contribution in [0.2, 0.25) is 5.02 Å². The minimum absolute atomic E-state index is 0.157. The maximum absolute atomic E-state index is 12.9. The Morgan fingerprint density at radius 2 is 1.88 bits per heavy atom. The molecule has 2 aromatic carbocycles. The summed E-state index contributed by atoms with van der Waals surface area (Å²) < 4.78 is 7.36. The SMILES string of the molecule is COCCN(CCc1csc2nc(-c3ccc(Cl)cc3)cn12)C(=O)CCc1ccccc1. The second-order valence-corrected chi connectivity index (χ2v) is 8.89. The van der Waals surface area contributed by atoms with Gasteiger partial charge in [0, 0.05) is 60.9 Å². The third kappa shape index (κ3) is 5.57. The van der Waals surface area contributed by atoms with Crippen molar-refractivity contribution in [1.82, 2.24) is 14.3 Å². The normalized spacial score (nSPS) is 11.2. The van der Waals surface area contributed by atoms with Crippen molar-refractivity contribution < 1.29 is 9.53 Å². The van der Waals surface area contributed by atoms with E-state index in [-0.39, 0.29) is 5.91 Å². The molecule has 0 saturated carbocycles. The van der Waals surface area contributed by atoms with E-state index in [0.29, 0.717) is 31.1 Å². The van der Waals surface area contributed by atoms with Crippen LogP contribution in [0.1, 0.15) is 17.7 Å². The largest absolute Gasteiger partial charge is 0.383 e. The molecule has 166 valence electrons. The number of hydrogen-bond donors (Lipinski definition) is 0. The number of rotatable bonds is 10. The Labute approximate surface area is 197 Å². The number of imidazole rings is 1. The number of methoxy groups -OCH3 is 1. The van der Waals surface area contributed by atoms with Crippen LogP contribution in [0.5, 0.6) is 0 Å². The first-order chi connectivity index (χ1) is 15.6. The molecule has 2 heterocycles. The van der Waals surface area contributed by atoms with Crippen LogP contribution in [0.15, 0.2) is 66.2 Å². The molecule has 4 aromatic rings. The van der Waals surface area contributed by atoms with Crippen molar-refractivity contribution in [3.8, 4) is 11.3 Å². The van der Waals surface area contributed by atoms with Gasteiger partial charge in [-0.1, -0.05) is 54.1 Å². The molecule has 0 unspecified atom stereocenters. The second-order valence-electron chi connectivity index (χ2n) is 7.62. The lowest BCUT2D eigenvalue weighted by atomic mass is 10.1. The van der Waals surface area contributed by atoms with Gasteiger partial charge in [-0.3, -0.25) is 9.20 Å². The molecule has 0 atom stereocenters. The maximum atomic E-state index is 12.9. The van der Waals surface area contributed by atoms with E-state index in [9.17, 15) is 4.79 Å². The summed E-state index contributed by atoms with van der Waals surface area (Å²) in [5.41, 5.74) is 4.29. The van der Waals surface area contributed by atoms with Gasteiger partial charge < -0.3 is 9.64 Å². The fraction of sp³-hybridized carbons (Fsp3) is 0.280. The average Bonchev–Trinajstić information content (AvgIpc) is 3.40. The Kier molecular flexibility index (Phi) is 7.58. The van der Waals surface area contributed by atoms with Crippen LogP contribution < -0.4 is 0 Å². The number of aromatic nitrogens is 2. The molecule has 2 aromatic heterocycles. The zero-order valence-corrected chi connectivity index (χ0v) is 19.6. The number of ether oxygens (including phenoxy) is 1. The van der Waals surface area contributed by atoms with Gasteiger partial charge in [-0.05, 0) is 24.1 Å². The Balaban J connectivity index is 1.42. The molecular weight excluding hydrogens is 442 g/mol. The van der Waals surface area contributed by atoms with Crippen molar-refractivity contribution in [1.29, 1.82) is 0 Å². The molecule has 7 heteroatoms. The van der Waals surface area contributed by atoms with Gasteiger partial charge in [0.1, 0.15) is 0 Å². The van der Waals surface area contributed by atoms with E-state index in [2.05, 4.69) is 28.1 Å². The zero-order valence-electron chi connectivity index (χ0n) is 18.0. The number of fused-ring (bicyclic) bond motifs is 1. The third-order valence-electron chi connectivity index (χ3n) is 5.45. The first kappa shape index (κ1) is 22.5. The van der Waals surface area contributed by atoms with E-state index in [1.807, 2.05) is 47.4 Å². The summed E-state index contributed by atoms with van der Waals surface area (Å²) in [5.74, 6) is 0.157. The van der Waals surface area contributed by atoms with Crippen molar-refractivity contribution >= 4 is 33.8 Å². The minimum atomic E-state index is 0.157. The lowest BCUT2D eigenvalue weighted by Crippen LogP contribution is -2.35. The van der Waals surface area contributed by atoms with E-state index in [4.69, 9.17) is 21.3 Å². The highest BCUT2D eigenvalue weighted by molar-refractivity contribution is 7.15. The number of hydrogen-bond acceptors (Lipinski definition) is 4. The van der Waals surface area contributed by atoms with E-state index in [0.717, 1.165) is 34.8 Å². The number of nitrogens with zero attached hydrogens (tertiary/aromatic N) is 3. The number of amides is 1. The van der Waals surface area contributed by atoms with Crippen LogP contribution in [0.4, 0.5) is 0 Å². The molecule has 4 rings (SSSR count). The van der Waals surface area contributed by atoms with Crippen LogP contribution in [-0.4, -0.2) is 47.0 Å². The van der Waals surface area contributed by atoms with Crippen molar-refractivity contribution in [2.24, 2.45) is 0 Å². The lowest BCUT2D eigenvalue weighted by Gasteiger charge is -2.22. The minimum Gasteiger partial charge on any atom is -0.383 e. The predicted octanol–water partition coefficient (Wildman–Crippen LogP) is 5.37. The molecule has 0 saturated heterocycles. The van der Waals surface area contributed by atoms with Crippen LogP contribution in [0, 0.1) is 0 Å². The van der Waals surface area contributed by atoms with Gasteiger partial charge in [-0.15, -0.1) is 11.3 Å². The fourth-order valence-electron chi connectivity index (χ4n) is 3.64. The topological polar surface area (TPSA) is 46.8 Å². The van der Waals surface area contributed by atoms with Gasteiger partial charge in [-0.2, -0.15) is 0 Å².